The zero-order chi connectivity index (χ0) is 14.4. The molecule has 3 nitrogen and oxygen atoms in total. The normalized spacial score (nSPS) is 11.3. The first-order valence-electron chi connectivity index (χ1n) is 6.92. The second-order valence-corrected chi connectivity index (χ2v) is 5.29. The molecule has 0 amide bonds. The Bertz CT molecular complexity index is 1020. The summed E-state index contributed by atoms with van der Waals surface area (Å²) >= 11 is 0. The van der Waals surface area contributed by atoms with Gasteiger partial charge in [0.25, 0.3) is 0 Å². The van der Waals surface area contributed by atoms with Gasteiger partial charge in [0.1, 0.15) is 0 Å². The summed E-state index contributed by atoms with van der Waals surface area (Å²) < 4.78 is 2.05. The predicted molar refractivity (Wildman–Crippen MR) is 86.1 cm³/mol. The Kier molecular flexibility index (Phi) is 2.48. The number of benzene rings is 2. The lowest BCUT2D eigenvalue weighted by atomic mass is 10.1. The second kappa shape index (κ2) is 4.35. The molecule has 21 heavy (non-hydrogen) atoms. The summed E-state index contributed by atoms with van der Waals surface area (Å²) in [5, 5.41) is 1.91. The molecule has 2 aromatic heterocycles. The summed E-state index contributed by atoms with van der Waals surface area (Å²) in [5.74, 6) is 0. The molecule has 2 heterocycles. The summed E-state index contributed by atoms with van der Waals surface area (Å²) in [4.78, 5) is 15.3. The van der Waals surface area contributed by atoms with Crippen LogP contribution < -0.4 is 5.43 Å². The van der Waals surface area contributed by atoms with Gasteiger partial charge in [-0.25, -0.2) is 0 Å². The van der Waals surface area contributed by atoms with Gasteiger partial charge in [0, 0.05) is 39.9 Å². The fraction of sp³-hybridized carbons (Fsp3) is 0.0556. The molecule has 0 unspecified atom stereocenters. The van der Waals surface area contributed by atoms with Crippen molar-refractivity contribution < 1.29 is 0 Å². The van der Waals surface area contributed by atoms with E-state index in [0.29, 0.717) is 0 Å². The van der Waals surface area contributed by atoms with E-state index in [0.717, 1.165) is 27.8 Å². The summed E-state index contributed by atoms with van der Waals surface area (Å²) in [6, 6.07) is 17.7. The molecule has 2 aromatic carbocycles. The number of nitrogens with one attached hydrogen (secondary N) is 1. The first kappa shape index (κ1) is 12.0. The Morgan fingerprint density at radius 2 is 1.86 bits per heavy atom. The van der Waals surface area contributed by atoms with Crippen LogP contribution in [0.3, 0.4) is 0 Å². The van der Waals surface area contributed by atoms with Crippen LogP contribution in [-0.4, -0.2) is 9.55 Å². The molecule has 0 bridgehead atoms. The van der Waals surface area contributed by atoms with Gasteiger partial charge in [-0.3, -0.25) is 4.79 Å². The van der Waals surface area contributed by atoms with Gasteiger partial charge in [-0.1, -0.05) is 12.1 Å². The van der Waals surface area contributed by atoms with E-state index in [9.17, 15) is 4.79 Å². The Balaban J connectivity index is 2.04. The van der Waals surface area contributed by atoms with Crippen LogP contribution >= 0.6 is 0 Å². The van der Waals surface area contributed by atoms with Crippen molar-refractivity contribution in [2.24, 2.45) is 0 Å². The summed E-state index contributed by atoms with van der Waals surface area (Å²) in [5.41, 5.74) is 4.31. The molecule has 0 spiro atoms. The lowest BCUT2D eigenvalue weighted by Gasteiger charge is -2.10. The molecule has 3 heteroatoms. The van der Waals surface area contributed by atoms with Gasteiger partial charge in [0.15, 0.2) is 5.43 Å². The molecular formula is C18H14N2O. The summed E-state index contributed by atoms with van der Waals surface area (Å²) in [6.45, 7) is 2.05. The van der Waals surface area contributed by atoms with Crippen LogP contribution in [0, 0.1) is 6.92 Å². The number of aromatic nitrogens is 2. The molecule has 0 aliphatic heterocycles. The Morgan fingerprint density at radius 3 is 2.76 bits per heavy atom. The van der Waals surface area contributed by atoms with Crippen LogP contribution in [0.2, 0.25) is 0 Å². The van der Waals surface area contributed by atoms with Crippen LogP contribution in [0.1, 0.15) is 5.69 Å². The molecule has 102 valence electrons. The largest absolute Gasteiger partial charge is 0.359 e. The van der Waals surface area contributed by atoms with Gasteiger partial charge in [-0.05, 0) is 43.3 Å². The fourth-order valence-electron chi connectivity index (χ4n) is 2.84. The van der Waals surface area contributed by atoms with E-state index >= 15 is 0 Å². The fourth-order valence-corrected chi connectivity index (χ4v) is 2.84. The molecule has 0 saturated heterocycles. The lowest BCUT2D eigenvalue weighted by Crippen LogP contribution is -2.06. The topological polar surface area (TPSA) is 37.8 Å². The molecule has 0 atom stereocenters. The van der Waals surface area contributed by atoms with Gasteiger partial charge in [0.2, 0.25) is 0 Å². The minimum absolute atomic E-state index is 0.0559. The van der Waals surface area contributed by atoms with Crippen molar-refractivity contribution in [3.05, 3.63) is 76.7 Å². The van der Waals surface area contributed by atoms with E-state index in [1.165, 1.54) is 5.39 Å². The third-order valence-corrected chi connectivity index (χ3v) is 3.82. The van der Waals surface area contributed by atoms with Gasteiger partial charge in [-0.2, -0.15) is 0 Å². The zero-order valence-electron chi connectivity index (χ0n) is 11.6. The van der Waals surface area contributed by atoms with Gasteiger partial charge in [0.05, 0.1) is 5.52 Å². The molecule has 0 aliphatic carbocycles. The maximum Gasteiger partial charge on any atom is 0.189 e. The minimum atomic E-state index is 0.0559. The summed E-state index contributed by atoms with van der Waals surface area (Å²) in [7, 11) is 0. The number of fused-ring (bicyclic) bond motifs is 2. The number of nitrogens with zero attached hydrogens (tertiary/aromatic N) is 1. The first-order valence-corrected chi connectivity index (χ1v) is 6.92. The van der Waals surface area contributed by atoms with Gasteiger partial charge >= 0.3 is 0 Å². The Hall–Kier alpha value is -2.81. The van der Waals surface area contributed by atoms with Crippen molar-refractivity contribution in [3.63, 3.8) is 0 Å². The van der Waals surface area contributed by atoms with E-state index in [1.807, 2.05) is 30.5 Å². The highest BCUT2D eigenvalue weighted by Crippen LogP contribution is 2.21. The lowest BCUT2D eigenvalue weighted by molar-refractivity contribution is 1.10. The first-order chi connectivity index (χ1) is 10.2. The monoisotopic (exact) mass is 274 g/mol. The highest BCUT2D eigenvalue weighted by molar-refractivity contribution is 5.85. The van der Waals surface area contributed by atoms with E-state index in [1.54, 1.807) is 6.07 Å². The maximum atomic E-state index is 12.0. The number of hydrogen-bond acceptors (Lipinski definition) is 1. The molecule has 4 rings (SSSR count). The number of rotatable bonds is 1. The van der Waals surface area contributed by atoms with Gasteiger partial charge in [-0.15, -0.1) is 0 Å². The van der Waals surface area contributed by atoms with Crippen molar-refractivity contribution in [3.8, 4) is 5.69 Å². The van der Waals surface area contributed by atoms with Crippen molar-refractivity contribution in [2.75, 3.05) is 0 Å². The van der Waals surface area contributed by atoms with Crippen molar-refractivity contribution >= 4 is 21.8 Å². The van der Waals surface area contributed by atoms with E-state index < -0.39 is 0 Å². The minimum Gasteiger partial charge on any atom is -0.359 e. The van der Waals surface area contributed by atoms with Crippen LogP contribution in [0.5, 0.6) is 0 Å². The zero-order valence-corrected chi connectivity index (χ0v) is 11.6. The number of hydrogen-bond donors (Lipinski definition) is 1. The van der Waals surface area contributed by atoms with Crippen LogP contribution in [0.4, 0.5) is 0 Å². The molecule has 4 aromatic rings. The van der Waals surface area contributed by atoms with Crippen molar-refractivity contribution in [1.82, 2.24) is 9.55 Å². The second-order valence-electron chi connectivity index (χ2n) is 5.29. The number of pyridine rings is 1. The maximum absolute atomic E-state index is 12.0. The molecule has 0 saturated carbocycles. The molecule has 0 fully saturated rings. The number of aryl methyl sites for hydroxylation is 1. The third kappa shape index (κ3) is 1.86. The van der Waals surface area contributed by atoms with E-state index in [-0.39, 0.29) is 5.43 Å². The molecular weight excluding hydrogens is 260 g/mol. The van der Waals surface area contributed by atoms with Crippen molar-refractivity contribution in [1.29, 1.82) is 0 Å². The number of H-pyrrole nitrogens is 1. The Morgan fingerprint density at radius 1 is 1.00 bits per heavy atom. The average Bonchev–Trinajstić information content (AvgIpc) is 2.87. The highest BCUT2D eigenvalue weighted by Gasteiger charge is 2.05. The predicted octanol–water partition coefficient (Wildman–Crippen LogP) is 3.78. The molecule has 0 radical (unpaired) electrons. The average molecular weight is 274 g/mol. The Labute approximate surface area is 121 Å². The highest BCUT2D eigenvalue weighted by atomic mass is 16.1. The summed E-state index contributed by atoms with van der Waals surface area (Å²) in [6.07, 6.45) is 1.84. The smallest absolute Gasteiger partial charge is 0.189 e. The van der Waals surface area contributed by atoms with Crippen LogP contribution in [0.25, 0.3) is 27.5 Å². The number of aromatic amines is 1. The third-order valence-electron chi connectivity index (χ3n) is 3.82. The molecule has 1 N–H and O–H groups in total. The number of para-hydroxylation sites is 1. The quantitative estimate of drug-likeness (QED) is 0.563. The van der Waals surface area contributed by atoms with E-state index in [2.05, 4.69) is 40.7 Å². The van der Waals surface area contributed by atoms with Crippen LogP contribution in [-0.2, 0) is 0 Å². The van der Waals surface area contributed by atoms with E-state index in [4.69, 9.17) is 0 Å². The van der Waals surface area contributed by atoms with Gasteiger partial charge < -0.3 is 9.55 Å². The van der Waals surface area contributed by atoms with Crippen molar-refractivity contribution in [2.45, 2.75) is 6.92 Å². The SMILES string of the molecule is Cc1cc2cc(-n3ccc(=O)c4ccccc43)ccc2[nH]1. The molecule has 0 aliphatic rings. The standard InChI is InChI=1S/C18H14N2O/c1-12-10-13-11-14(6-7-16(13)19-12)20-9-8-18(21)15-4-2-3-5-17(15)20/h2-11,19H,1H3. The van der Waals surface area contributed by atoms with Crippen LogP contribution in [0.15, 0.2) is 65.6 Å².